The van der Waals surface area contributed by atoms with Crippen molar-refractivity contribution in [3.8, 4) is 0 Å². The van der Waals surface area contributed by atoms with Crippen LogP contribution >= 0.6 is 0 Å². The van der Waals surface area contributed by atoms with Crippen molar-refractivity contribution in [1.82, 2.24) is 4.98 Å². The molecule has 0 bridgehead atoms. The zero-order valence-electron chi connectivity index (χ0n) is 11.9. The lowest BCUT2D eigenvalue weighted by molar-refractivity contribution is 0.131. The van der Waals surface area contributed by atoms with Crippen molar-refractivity contribution in [1.29, 1.82) is 0 Å². The molecule has 0 spiro atoms. The van der Waals surface area contributed by atoms with E-state index < -0.39 is 0 Å². The van der Waals surface area contributed by atoms with Crippen LogP contribution in [0.1, 0.15) is 26.2 Å². The van der Waals surface area contributed by atoms with Crippen LogP contribution in [-0.2, 0) is 4.74 Å². The smallest absolute Gasteiger partial charge is 0.257 e. The summed E-state index contributed by atoms with van der Waals surface area (Å²) < 4.78 is 5.49. The number of nitrogens with one attached hydrogen (secondary N) is 2. The maximum atomic E-state index is 11.9. The summed E-state index contributed by atoms with van der Waals surface area (Å²) in [7, 11) is 0. The zero-order valence-corrected chi connectivity index (χ0v) is 11.9. The highest BCUT2D eigenvalue weighted by atomic mass is 16.5. The third kappa shape index (κ3) is 4.10. The van der Waals surface area contributed by atoms with E-state index in [0.29, 0.717) is 0 Å². The Labute approximate surface area is 119 Å². The molecule has 0 aliphatic heterocycles. The number of rotatable bonds is 8. The Bertz CT molecular complexity index is 592. The van der Waals surface area contributed by atoms with Gasteiger partial charge in [0, 0.05) is 25.1 Å². The second-order valence-electron chi connectivity index (χ2n) is 4.85. The molecule has 0 aliphatic rings. The van der Waals surface area contributed by atoms with Crippen molar-refractivity contribution >= 4 is 16.6 Å². The minimum Gasteiger partial charge on any atom is -0.381 e. The molecule has 1 heterocycles. The van der Waals surface area contributed by atoms with E-state index in [1.807, 2.05) is 30.3 Å². The molecule has 20 heavy (non-hydrogen) atoms. The number of ether oxygens (including phenoxy) is 1. The van der Waals surface area contributed by atoms with Gasteiger partial charge >= 0.3 is 0 Å². The number of fused-ring (bicyclic) bond motifs is 1. The molecule has 0 fully saturated rings. The average Bonchev–Trinajstić information content (AvgIpc) is 2.46. The number of aromatic nitrogens is 1. The lowest BCUT2D eigenvalue weighted by atomic mass is 10.2. The summed E-state index contributed by atoms with van der Waals surface area (Å²) in [4.78, 5) is 14.7. The molecule has 1 aromatic carbocycles. The summed E-state index contributed by atoms with van der Waals surface area (Å²) >= 11 is 0. The lowest BCUT2D eigenvalue weighted by Gasteiger charge is -2.08. The van der Waals surface area contributed by atoms with Gasteiger partial charge in [0.2, 0.25) is 0 Å². The van der Waals surface area contributed by atoms with Gasteiger partial charge in [0.25, 0.3) is 5.56 Å². The van der Waals surface area contributed by atoms with Crippen molar-refractivity contribution in [2.75, 3.05) is 25.1 Å². The number of hydrogen-bond acceptors (Lipinski definition) is 3. The van der Waals surface area contributed by atoms with E-state index >= 15 is 0 Å². The highest BCUT2D eigenvalue weighted by Gasteiger charge is 2.00. The molecule has 0 radical (unpaired) electrons. The first-order valence-corrected chi connectivity index (χ1v) is 7.25. The zero-order chi connectivity index (χ0) is 14.2. The third-order valence-corrected chi connectivity index (χ3v) is 3.18. The van der Waals surface area contributed by atoms with Gasteiger partial charge in [-0.1, -0.05) is 31.5 Å². The quantitative estimate of drug-likeness (QED) is 0.727. The van der Waals surface area contributed by atoms with E-state index in [-0.39, 0.29) is 5.56 Å². The highest BCUT2D eigenvalue weighted by molar-refractivity contribution is 5.83. The largest absolute Gasteiger partial charge is 0.381 e. The predicted molar refractivity (Wildman–Crippen MR) is 83.4 cm³/mol. The minimum atomic E-state index is -0.0511. The Kier molecular flexibility index (Phi) is 5.62. The summed E-state index contributed by atoms with van der Waals surface area (Å²) in [6.07, 6.45) is 3.21. The average molecular weight is 274 g/mol. The van der Waals surface area contributed by atoms with E-state index in [0.717, 1.165) is 55.6 Å². The monoisotopic (exact) mass is 274 g/mol. The van der Waals surface area contributed by atoms with Crippen LogP contribution in [0.3, 0.4) is 0 Å². The Morgan fingerprint density at radius 3 is 2.85 bits per heavy atom. The van der Waals surface area contributed by atoms with Gasteiger partial charge in [-0.3, -0.25) is 4.79 Å². The number of pyridine rings is 1. The van der Waals surface area contributed by atoms with E-state index in [9.17, 15) is 4.79 Å². The SMILES string of the molecule is CCCCOCCCNc1cc2ccccc2c(=O)[nH]1. The van der Waals surface area contributed by atoms with Crippen LogP contribution in [0, 0.1) is 0 Å². The van der Waals surface area contributed by atoms with Crippen LogP contribution in [-0.4, -0.2) is 24.7 Å². The van der Waals surface area contributed by atoms with E-state index in [1.54, 1.807) is 0 Å². The first kappa shape index (κ1) is 14.6. The first-order chi connectivity index (χ1) is 9.81. The Morgan fingerprint density at radius 2 is 2.00 bits per heavy atom. The maximum absolute atomic E-state index is 11.9. The number of aromatic amines is 1. The standard InChI is InChI=1S/C16H22N2O2/c1-2-3-10-20-11-6-9-17-15-12-13-7-4-5-8-14(13)16(19)18-15/h4-5,7-8,12H,2-3,6,9-11H2,1H3,(H2,17,18,19). The van der Waals surface area contributed by atoms with Crippen molar-refractivity contribution < 1.29 is 4.74 Å². The molecule has 2 aromatic rings. The number of H-pyrrole nitrogens is 1. The van der Waals surface area contributed by atoms with Gasteiger partial charge in [0.05, 0.1) is 0 Å². The van der Waals surface area contributed by atoms with Gasteiger partial charge in [0.1, 0.15) is 5.82 Å². The van der Waals surface area contributed by atoms with Gasteiger partial charge in [-0.25, -0.2) is 0 Å². The van der Waals surface area contributed by atoms with Crippen molar-refractivity contribution in [2.45, 2.75) is 26.2 Å². The molecule has 0 aliphatic carbocycles. The van der Waals surface area contributed by atoms with Crippen LogP contribution in [0.4, 0.5) is 5.82 Å². The fraction of sp³-hybridized carbons (Fsp3) is 0.438. The molecule has 0 saturated carbocycles. The van der Waals surface area contributed by atoms with Gasteiger partial charge in [-0.05, 0) is 30.4 Å². The molecular formula is C16H22N2O2. The van der Waals surface area contributed by atoms with Gasteiger partial charge in [-0.15, -0.1) is 0 Å². The van der Waals surface area contributed by atoms with Crippen LogP contribution in [0.5, 0.6) is 0 Å². The van der Waals surface area contributed by atoms with Crippen LogP contribution in [0.15, 0.2) is 35.1 Å². The van der Waals surface area contributed by atoms with Crippen LogP contribution < -0.4 is 10.9 Å². The van der Waals surface area contributed by atoms with E-state index in [2.05, 4.69) is 17.2 Å². The Morgan fingerprint density at radius 1 is 1.20 bits per heavy atom. The fourth-order valence-corrected chi connectivity index (χ4v) is 2.05. The normalized spacial score (nSPS) is 10.8. The lowest BCUT2D eigenvalue weighted by Crippen LogP contribution is -2.12. The van der Waals surface area contributed by atoms with Crippen molar-refractivity contribution in [3.63, 3.8) is 0 Å². The molecule has 0 saturated heterocycles. The van der Waals surface area contributed by atoms with Crippen molar-refractivity contribution in [3.05, 3.63) is 40.7 Å². The third-order valence-electron chi connectivity index (χ3n) is 3.18. The number of hydrogen-bond donors (Lipinski definition) is 2. The summed E-state index contributed by atoms with van der Waals surface area (Å²) in [5.41, 5.74) is -0.0511. The predicted octanol–water partition coefficient (Wildman–Crippen LogP) is 3.15. The minimum absolute atomic E-state index is 0.0511. The number of benzene rings is 1. The van der Waals surface area contributed by atoms with Crippen LogP contribution in [0.25, 0.3) is 10.8 Å². The summed E-state index contributed by atoms with van der Waals surface area (Å²) in [5.74, 6) is 0.766. The molecule has 0 unspecified atom stereocenters. The fourth-order valence-electron chi connectivity index (χ4n) is 2.05. The van der Waals surface area contributed by atoms with Crippen LogP contribution in [0.2, 0.25) is 0 Å². The number of unbranched alkanes of at least 4 members (excludes halogenated alkanes) is 1. The molecule has 4 heteroatoms. The molecular weight excluding hydrogens is 252 g/mol. The summed E-state index contributed by atoms with van der Waals surface area (Å²) in [6, 6.07) is 9.56. The summed E-state index contributed by atoms with van der Waals surface area (Å²) in [6.45, 7) is 4.54. The number of anilines is 1. The second kappa shape index (κ2) is 7.70. The molecule has 0 atom stereocenters. The Hall–Kier alpha value is -1.81. The maximum Gasteiger partial charge on any atom is 0.257 e. The second-order valence-corrected chi connectivity index (χ2v) is 4.85. The molecule has 4 nitrogen and oxygen atoms in total. The molecule has 1 aromatic heterocycles. The molecule has 2 rings (SSSR count). The van der Waals surface area contributed by atoms with Crippen molar-refractivity contribution in [2.24, 2.45) is 0 Å². The Balaban J connectivity index is 1.83. The van der Waals surface area contributed by atoms with Gasteiger partial charge in [-0.2, -0.15) is 0 Å². The first-order valence-electron chi connectivity index (χ1n) is 7.25. The summed E-state index contributed by atoms with van der Waals surface area (Å²) in [5, 5.41) is 4.91. The van der Waals surface area contributed by atoms with Gasteiger partial charge < -0.3 is 15.0 Å². The topological polar surface area (TPSA) is 54.1 Å². The van der Waals surface area contributed by atoms with Gasteiger partial charge in [0.15, 0.2) is 0 Å². The van der Waals surface area contributed by atoms with E-state index in [4.69, 9.17) is 4.74 Å². The highest BCUT2D eigenvalue weighted by Crippen LogP contribution is 2.12. The molecule has 2 N–H and O–H groups in total. The van der Waals surface area contributed by atoms with E-state index in [1.165, 1.54) is 0 Å². The molecule has 108 valence electrons. The molecule has 0 amide bonds.